The summed E-state index contributed by atoms with van der Waals surface area (Å²) in [6.45, 7) is 0. The van der Waals surface area contributed by atoms with Gasteiger partial charge in [0, 0.05) is 0 Å². The molecule has 0 bridgehead atoms. The van der Waals surface area contributed by atoms with Gasteiger partial charge in [-0.25, -0.2) is 23.5 Å². The summed E-state index contributed by atoms with van der Waals surface area (Å²) in [4.78, 5) is 30.3. The van der Waals surface area contributed by atoms with Gasteiger partial charge in [0.15, 0.2) is 12.1 Å². The summed E-state index contributed by atoms with van der Waals surface area (Å²) in [7, 11) is 0.581. The van der Waals surface area contributed by atoms with E-state index in [9.17, 15) is 9.59 Å². The lowest BCUT2D eigenvalue weighted by Gasteiger charge is -2.46. The fraction of sp³-hybridized carbons (Fsp3) is 0.192. The zero-order valence-corrected chi connectivity index (χ0v) is 21.0. The first-order valence-corrected chi connectivity index (χ1v) is 12.4. The highest BCUT2D eigenvalue weighted by atomic mass is 35.7. The van der Waals surface area contributed by atoms with E-state index in [-0.39, 0.29) is 17.9 Å². The number of imide groups is 1. The lowest BCUT2D eigenvalue weighted by Crippen LogP contribution is -2.69. The molecule has 2 unspecified atom stereocenters. The van der Waals surface area contributed by atoms with Crippen molar-refractivity contribution < 1.29 is 47.8 Å². The van der Waals surface area contributed by atoms with E-state index in [1.165, 1.54) is 4.90 Å². The van der Waals surface area contributed by atoms with Crippen LogP contribution in [0.1, 0.15) is 32.3 Å². The van der Waals surface area contributed by atoms with Crippen molar-refractivity contribution in [3.05, 3.63) is 95.6 Å². The zero-order valence-electron chi connectivity index (χ0n) is 20.2. The monoisotopic (exact) mass is 525 g/mol. The summed E-state index contributed by atoms with van der Waals surface area (Å²) >= 11 is 0. The molecule has 0 spiro atoms. The third-order valence-electron chi connectivity index (χ3n) is 6.14. The van der Waals surface area contributed by atoms with Gasteiger partial charge in [-0.1, -0.05) is 42.5 Å². The molecular formula is C26H24ClN3O7. The molecule has 2 aliphatic heterocycles. The average Bonchev–Trinajstić information content (AvgIpc) is 3.09. The van der Waals surface area contributed by atoms with Gasteiger partial charge in [0.05, 0.1) is 32.3 Å². The van der Waals surface area contributed by atoms with Gasteiger partial charge in [-0.2, -0.15) is 0 Å². The van der Waals surface area contributed by atoms with E-state index in [0.29, 0.717) is 11.1 Å². The number of halogens is 1. The van der Waals surface area contributed by atoms with E-state index in [4.69, 9.17) is 23.4 Å². The molecule has 2 heterocycles. The number of anilines is 1. The van der Waals surface area contributed by atoms with Crippen LogP contribution in [0.2, 0.25) is 0 Å². The summed E-state index contributed by atoms with van der Waals surface area (Å²) in [6, 6.07) is 24.3. The van der Waals surface area contributed by atoms with Gasteiger partial charge in [-0.05, 0) is 42.0 Å². The molecule has 0 N–H and O–H groups in total. The molecule has 2 amide bonds. The van der Waals surface area contributed by atoms with Crippen LogP contribution in [0.5, 0.6) is 5.75 Å². The number of ether oxygens (including phenoxy) is 1. The molecule has 1 fully saturated rings. The molecule has 11 heteroatoms. The van der Waals surface area contributed by atoms with Crippen LogP contribution >= 0.6 is 0 Å². The lowest BCUT2D eigenvalue weighted by atomic mass is 9.85. The Balaban J connectivity index is 0.000000586. The Labute approximate surface area is 215 Å². The van der Waals surface area contributed by atoms with Crippen LogP contribution < -0.4 is 28.3 Å². The van der Waals surface area contributed by atoms with Crippen LogP contribution in [0, 0.1) is 10.2 Å². The van der Waals surface area contributed by atoms with E-state index < -0.39 is 16.3 Å². The Hall–Kier alpha value is -3.80. The van der Waals surface area contributed by atoms with Gasteiger partial charge in [-0.3, -0.25) is 19.1 Å². The average molecular weight is 526 g/mol. The molecule has 0 aliphatic carbocycles. The normalized spacial score (nSPS) is 18.6. The second-order valence-electron chi connectivity index (χ2n) is 8.52. The standard InChI is InChI=1S/C26H24N3O3.ClHO4/c1-27(2)24-23(29-25(30)20-11-7-8-12-21(20)26(29)31)22(17-9-5-4-6-10-17)28(24)18-13-15-19(32-3)16-14-18;2-1(3,4)5/h4-16,22-23H,1-3H3;(H,2,3,4,5)/q+1;/p-1. The number of hydrogen-bond acceptors (Lipinski definition) is 7. The van der Waals surface area contributed by atoms with Crippen molar-refractivity contribution in [1.82, 2.24) is 4.90 Å². The third kappa shape index (κ3) is 5.19. The minimum atomic E-state index is -4.94. The molecule has 0 aromatic heterocycles. The topological polar surface area (TPSA) is 145 Å². The number of benzene rings is 3. The lowest BCUT2D eigenvalue weighted by molar-refractivity contribution is -2.00. The Morgan fingerprint density at radius 2 is 1.22 bits per heavy atom. The van der Waals surface area contributed by atoms with Crippen LogP contribution in [-0.2, 0) is 0 Å². The van der Waals surface area contributed by atoms with E-state index in [2.05, 4.69) is 4.90 Å². The molecule has 3 aromatic rings. The van der Waals surface area contributed by atoms with Crippen molar-refractivity contribution >= 4 is 23.3 Å². The smallest absolute Gasteiger partial charge is 0.280 e. The number of carbonyl (C=O) groups is 2. The fourth-order valence-corrected chi connectivity index (χ4v) is 4.70. The molecule has 3 aromatic carbocycles. The van der Waals surface area contributed by atoms with Crippen LogP contribution in [0.3, 0.4) is 0 Å². The maximum absolute atomic E-state index is 13.4. The molecule has 5 rings (SSSR count). The zero-order chi connectivity index (χ0) is 26.9. The summed E-state index contributed by atoms with van der Waals surface area (Å²) < 4.78 is 41.3. The van der Waals surface area contributed by atoms with Crippen LogP contribution in [-0.4, -0.2) is 54.4 Å². The minimum absolute atomic E-state index is 0.204. The number of nitrogens with zero attached hydrogens (tertiary/aromatic N) is 3. The third-order valence-corrected chi connectivity index (χ3v) is 6.14. The molecular weight excluding hydrogens is 502 g/mol. The molecule has 2 atom stereocenters. The quantitative estimate of drug-likeness (QED) is 0.306. The van der Waals surface area contributed by atoms with Gasteiger partial charge in [0.25, 0.3) is 17.6 Å². The summed E-state index contributed by atoms with van der Waals surface area (Å²) in [6.07, 6.45) is 0. The molecule has 37 heavy (non-hydrogen) atoms. The highest BCUT2D eigenvalue weighted by Gasteiger charge is 2.61. The van der Waals surface area contributed by atoms with Crippen LogP contribution in [0.25, 0.3) is 0 Å². The van der Waals surface area contributed by atoms with Crippen molar-refractivity contribution in [3.63, 3.8) is 0 Å². The molecule has 0 radical (unpaired) electrons. The first-order chi connectivity index (χ1) is 17.5. The van der Waals surface area contributed by atoms with Gasteiger partial charge >= 0.3 is 0 Å². The molecule has 2 aliphatic rings. The van der Waals surface area contributed by atoms with E-state index in [1.54, 1.807) is 31.4 Å². The Morgan fingerprint density at radius 3 is 1.68 bits per heavy atom. The Bertz CT molecular complexity index is 1300. The number of rotatable bonds is 4. The maximum atomic E-state index is 13.4. The number of methoxy groups -OCH3 is 1. The van der Waals surface area contributed by atoms with Crippen molar-refractivity contribution in [2.24, 2.45) is 0 Å². The second kappa shape index (κ2) is 10.3. The summed E-state index contributed by atoms with van der Waals surface area (Å²) in [5.74, 6) is 1.17. The molecule has 192 valence electrons. The van der Waals surface area contributed by atoms with Crippen LogP contribution in [0.15, 0.2) is 78.9 Å². The maximum Gasteiger partial charge on any atom is 0.280 e. The first-order valence-electron chi connectivity index (χ1n) is 11.1. The SMILES string of the molecule is COc1ccc(N2C(=[N+](C)C)C(N3C(=O)c4ccccc4C3=O)C2c2ccccc2)cc1.[O-][Cl+3]([O-])([O-])[O-]. The number of hydrogen-bond donors (Lipinski definition) is 0. The highest BCUT2D eigenvalue weighted by Crippen LogP contribution is 2.44. The summed E-state index contributed by atoms with van der Waals surface area (Å²) in [5, 5.41) is 0. The van der Waals surface area contributed by atoms with Gasteiger partial charge in [-0.15, -0.1) is 10.2 Å². The minimum Gasteiger partial charge on any atom is -0.497 e. The van der Waals surface area contributed by atoms with Gasteiger partial charge in [0.1, 0.15) is 11.4 Å². The fourth-order valence-electron chi connectivity index (χ4n) is 4.70. The van der Waals surface area contributed by atoms with Crippen molar-refractivity contribution in [1.29, 1.82) is 0 Å². The number of amidine groups is 1. The number of fused-ring (bicyclic) bond motifs is 1. The van der Waals surface area contributed by atoms with Crippen molar-refractivity contribution in [2.75, 3.05) is 26.1 Å². The molecule has 10 nitrogen and oxygen atoms in total. The number of amides is 2. The number of carbonyl (C=O) groups excluding carboxylic acids is 2. The van der Waals surface area contributed by atoms with Gasteiger partial charge < -0.3 is 4.74 Å². The molecule has 1 saturated heterocycles. The predicted molar refractivity (Wildman–Crippen MR) is 123 cm³/mol. The van der Waals surface area contributed by atoms with E-state index >= 15 is 0 Å². The van der Waals surface area contributed by atoms with E-state index in [1.807, 2.05) is 73.3 Å². The highest BCUT2D eigenvalue weighted by molar-refractivity contribution is 6.24. The van der Waals surface area contributed by atoms with E-state index in [0.717, 1.165) is 22.8 Å². The predicted octanol–water partition coefficient (Wildman–Crippen LogP) is -1.16. The summed E-state index contributed by atoms with van der Waals surface area (Å²) in [5.41, 5.74) is 2.93. The van der Waals surface area contributed by atoms with Crippen molar-refractivity contribution in [3.8, 4) is 5.75 Å². The second-order valence-corrected chi connectivity index (χ2v) is 9.28. The largest absolute Gasteiger partial charge is 0.497 e. The van der Waals surface area contributed by atoms with Crippen LogP contribution in [0.4, 0.5) is 5.69 Å². The molecule has 0 saturated carbocycles. The Morgan fingerprint density at radius 1 is 0.730 bits per heavy atom. The Kier molecular flexibility index (Phi) is 7.30. The van der Waals surface area contributed by atoms with Crippen molar-refractivity contribution in [2.45, 2.75) is 12.1 Å². The van der Waals surface area contributed by atoms with Gasteiger partial charge in [0.2, 0.25) is 0 Å². The first kappa shape index (κ1) is 26.3.